The second-order valence-electron chi connectivity index (χ2n) is 5.03. The number of benzene rings is 1. The molecule has 0 fully saturated rings. The normalized spacial score (nSPS) is 15.8. The molecule has 1 heterocycles. The van der Waals surface area contributed by atoms with Gasteiger partial charge in [0.1, 0.15) is 0 Å². The molecule has 0 aliphatic carbocycles. The minimum Gasteiger partial charge on any atom is -0.394 e. The molecule has 5 heteroatoms. The van der Waals surface area contributed by atoms with Gasteiger partial charge in [-0.3, -0.25) is 9.59 Å². The third-order valence-electron chi connectivity index (χ3n) is 3.54. The topological polar surface area (TPSA) is 78.4 Å². The summed E-state index contributed by atoms with van der Waals surface area (Å²) in [4.78, 5) is 23.6. The van der Waals surface area contributed by atoms with Crippen molar-refractivity contribution < 1.29 is 14.7 Å². The molecule has 2 amide bonds. The second kappa shape index (κ2) is 6.52. The largest absolute Gasteiger partial charge is 0.394 e. The van der Waals surface area contributed by atoms with Crippen LogP contribution < -0.4 is 10.6 Å². The maximum atomic E-state index is 12.1. The van der Waals surface area contributed by atoms with Crippen LogP contribution in [0, 0.1) is 0 Å². The number of aryl methyl sites for hydroxylation is 1. The number of carbonyl (C=O) groups is 2. The van der Waals surface area contributed by atoms with Crippen molar-refractivity contribution in [1.29, 1.82) is 0 Å². The fraction of sp³-hybridized carbons (Fsp3) is 0.467. The maximum Gasteiger partial charge on any atom is 0.251 e. The van der Waals surface area contributed by atoms with Gasteiger partial charge in [0.2, 0.25) is 5.91 Å². The van der Waals surface area contributed by atoms with Crippen LogP contribution >= 0.6 is 0 Å². The summed E-state index contributed by atoms with van der Waals surface area (Å²) in [5, 5.41) is 14.7. The Balaban J connectivity index is 2.16. The summed E-state index contributed by atoms with van der Waals surface area (Å²) < 4.78 is 0. The summed E-state index contributed by atoms with van der Waals surface area (Å²) in [7, 11) is 0. The van der Waals surface area contributed by atoms with E-state index in [4.69, 9.17) is 5.11 Å². The Hall–Kier alpha value is -1.88. The molecule has 1 unspecified atom stereocenters. The van der Waals surface area contributed by atoms with Crippen LogP contribution in [0.1, 0.15) is 42.1 Å². The molecule has 1 atom stereocenters. The first kappa shape index (κ1) is 14.5. The lowest BCUT2D eigenvalue weighted by molar-refractivity contribution is -0.116. The molecule has 2 rings (SSSR count). The fourth-order valence-corrected chi connectivity index (χ4v) is 2.26. The second-order valence-corrected chi connectivity index (χ2v) is 5.03. The van der Waals surface area contributed by atoms with Crippen molar-refractivity contribution in [2.45, 2.75) is 38.6 Å². The number of hydrogen-bond acceptors (Lipinski definition) is 3. The molecule has 0 spiro atoms. The zero-order valence-electron chi connectivity index (χ0n) is 11.6. The highest BCUT2D eigenvalue weighted by molar-refractivity contribution is 5.97. The predicted octanol–water partition coefficient (Wildman–Crippen LogP) is 1.46. The van der Waals surface area contributed by atoms with E-state index >= 15 is 0 Å². The van der Waals surface area contributed by atoms with E-state index in [1.165, 1.54) is 0 Å². The number of fused-ring (bicyclic) bond motifs is 1. The minimum atomic E-state index is -0.221. The van der Waals surface area contributed by atoms with Crippen LogP contribution in [0.3, 0.4) is 0 Å². The van der Waals surface area contributed by atoms with E-state index < -0.39 is 0 Å². The highest BCUT2D eigenvalue weighted by Gasteiger charge is 2.16. The molecule has 5 nitrogen and oxygen atoms in total. The molecule has 0 radical (unpaired) electrons. The van der Waals surface area contributed by atoms with Crippen molar-refractivity contribution in [1.82, 2.24) is 5.32 Å². The van der Waals surface area contributed by atoms with Gasteiger partial charge < -0.3 is 15.7 Å². The van der Waals surface area contributed by atoms with Gasteiger partial charge in [-0.1, -0.05) is 6.92 Å². The summed E-state index contributed by atoms with van der Waals surface area (Å²) in [6.45, 7) is 1.84. The number of hydrogen-bond donors (Lipinski definition) is 3. The molecule has 0 bridgehead atoms. The monoisotopic (exact) mass is 276 g/mol. The Labute approximate surface area is 118 Å². The van der Waals surface area contributed by atoms with Gasteiger partial charge in [0.25, 0.3) is 5.91 Å². The summed E-state index contributed by atoms with van der Waals surface area (Å²) in [6, 6.07) is 5.07. The summed E-state index contributed by atoms with van der Waals surface area (Å²) in [5.41, 5.74) is 2.34. The lowest BCUT2D eigenvalue weighted by atomic mass is 10.0. The van der Waals surface area contributed by atoms with Crippen molar-refractivity contribution >= 4 is 17.5 Å². The van der Waals surface area contributed by atoms with Gasteiger partial charge in [-0.05, 0) is 43.0 Å². The van der Waals surface area contributed by atoms with Crippen LogP contribution in [0.4, 0.5) is 5.69 Å². The van der Waals surface area contributed by atoms with Gasteiger partial charge in [0.05, 0.1) is 12.6 Å². The molecule has 108 valence electrons. The van der Waals surface area contributed by atoms with Crippen molar-refractivity contribution in [3.63, 3.8) is 0 Å². The van der Waals surface area contributed by atoms with E-state index in [-0.39, 0.29) is 24.5 Å². The number of anilines is 1. The van der Waals surface area contributed by atoms with Crippen molar-refractivity contribution in [3.05, 3.63) is 29.3 Å². The molecule has 1 aromatic carbocycles. The average Bonchev–Trinajstić information content (AvgIpc) is 2.64. The van der Waals surface area contributed by atoms with Crippen LogP contribution in [0.25, 0.3) is 0 Å². The first-order valence-electron chi connectivity index (χ1n) is 6.98. The quantitative estimate of drug-likeness (QED) is 0.779. The van der Waals surface area contributed by atoms with Crippen molar-refractivity contribution in [2.75, 3.05) is 11.9 Å². The Morgan fingerprint density at radius 3 is 2.95 bits per heavy atom. The number of nitrogens with one attached hydrogen (secondary N) is 2. The first-order valence-corrected chi connectivity index (χ1v) is 6.98. The van der Waals surface area contributed by atoms with E-state index in [1.54, 1.807) is 12.1 Å². The third-order valence-corrected chi connectivity index (χ3v) is 3.54. The molecule has 0 saturated heterocycles. The van der Waals surface area contributed by atoms with Crippen LogP contribution in [0.15, 0.2) is 18.2 Å². The van der Waals surface area contributed by atoms with Gasteiger partial charge in [-0.15, -0.1) is 0 Å². The van der Waals surface area contributed by atoms with Crippen LogP contribution in [-0.2, 0) is 11.2 Å². The molecule has 3 N–H and O–H groups in total. The Morgan fingerprint density at radius 2 is 2.25 bits per heavy atom. The fourth-order valence-electron chi connectivity index (χ4n) is 2.26. The van der Waals surface area contributed by atoms with E-state index in [2.05, 4.69) is 10.6 Å². The molecule has 1 aliphatic heterocycles. The van der Waals surface area contributed by atoms with Crippen molar-refractivity contribution in [3.8, 4) is 0 Å². The maximum absolute atomic E-state index is 12.1. The average molecular weight is 276 g/mol. The number of amides is 2. The third kappa shape index (κ3) is 3.36. The van der Waals surface area contributed by atoms with E-state index in [9.17, 15) is 9.59 Å². The first-order chi connectivity index (χ1) is 9.63. The molecule has 0 saturated carbocycles. The minimum absolute atomic E-state index is 0.0206. The van der Waals surface area contributed by atoms with E-state index in [1.807, 2.05) is 13.0 Å². The predicted molar refractivity (Wildman–Crippen MR) is 76.6 cm³/mol. The summed E-state index contributed by atoms with van der Waals surface area (Å²) in [5.74, 6) is -0.170. The zero-order chi connectivity index (χ0) is 14.5. The lowest BCUT2D eigenvalue weighted by Gasteiger charge is -2.15. The molecule has 1 aromatic rings. The molecular formula is C15H20N2O3. The van der Waals surface area contributed by atoms with E-state index in [0.717, 1.165) is 24.1 Å². The van der Waals surface area contributed by atoms with Crippen LogP contribution in [0.5, 0.6) is 0 Å². The SMILES string of the molecule is CCC(CO)NC(=O)c1ccc2c(c1)CCCC(=O)N2. The smallest absolute Gasteiger partial charge is 0.251 e. The highest BCUT2D eigenvalue weighted by Crippen LogP contribution is 2.23. The molecule has 1 aliphatic rings. The van der Waals surface area contributed by atoms with E-state index in [0.29, 0.717) is 18.4 Å². The summed E-state index contributed by atoms with van der Waals surface area (Å²) in [6.07, 6.45) is 2.77. The Morgan fingerprint density at radius 1 is 1.45 bits per heavy atom. The van der Waals surface area contributed by atoms with Crippen molar-refractivity contribution in [2.24, 2.45) is 0 Å². The molecule has 20 heavy (non-hydrogen) atoms. The standard InChI is InChI=1S/C15H20N2O3/c1-2-12(9-18)16-15(20)11-6-7-13-10(8-11)4-3-5-14(19)17-13/h6-8,12,18H,2-5,9H2,1H3,(H,16,20)(H,17,19). The van der Waals surface area contributed by atoms with Gasteiger partial charge in [-0.2, -0.15) is 0 Å². The van der Waals surface area contributed by atoms with Gasteiger partial charge >= 0.3 is 0 Å². The number of carbonyl (C=O) groups excluding carboxylic acids is 2. The molecular weight excluding hydrogens is 256 g/mol. The number of aliphatic hydroxyl groups excluding tert-OH is 1. The number of aliphatic hydroxyl groups is 1. The van der Waals surface area contributed by atoms with Gasteiger partial charge in [0, 0.05) is 17.7 Å². The highest BCUT2D eigenvalue weighted by atomic mass is 16.3. The number of rotatable bonds is 4. The van der Waals surface area contributed by atoms with Gasteiger partial charge in [0.15, 0.2) is 0 Å². The Bertz CT molecular complexity index is 510. The Kier molecular flexibility index (Phi) is 4.74. The molecule has 0 aromatic heterocycles. The zero-order valence-corrected chi connectivity index (χ0v) is 11.6. The lowest BCUT2D eigenvalue weighted by Crippen LogP contribution is -2.36. The summed E-state index contributed by atoms with van der Waals surface area (Å²) >= 11 is 0. The van der Waals surface area contributed by atoms with Crippen LogP contribution in [-0.4, -0.2) is 29.6 Å². The van der Waals surface area contributed by atoms with Crippen LogP contribution in [0.2, 0.25) is 0 Å². The van der Waals surface area contributed by atoms with Gasteiger partial charge in [-0.25, -0.2) is 0 Å².